The second kappa shape index (κ2) is 4.07. The predicted octanol–water partition coefficient (Wildman–Crippen LogP) is 2.24. The van der Waals surface area contributed by atoms with Crippen LogP contribution in [-0.4, -0.2) is 36.6 Å². The minimum absolute atomic E-state index is 0.209. The zero-order valence-corrected chi connectivity index (χ0v) is 9.05. The van der Waals surface area contributed by atoms with Crippen LogP contribution in [0.4, 0.5) is 4.79 Å². The van der Waals surface area contributed by atoms with E-state index >= 15 is 0 Å². The summed E-state index contributed by atoms with van der Waals surface area (Å²) in [6.07, 6.45) is 4.86. The molecule has 0 bridgehead atoms. The molecule has 1 spiro atoms. The van der Waals surface area contributed by atoms with Gasteiger partial charge in [-0.2, -0.15) is 0 Å². The number of carbonyl (C=O) groups excluding carboxylic acids is 1. The van der Waals surface area contributed by atoms with Crippen molar-refractivity contribution < 1.29 is 9.53 Å². The molecule has 80 valence electrons. The molecule has 0 N–H and O–H groups in total. The molecule has 14 heavy (non-hydrogen) atoms. The van der Waals surface area contributed by atoms with Gasteiger partial charge >= 0.3 is 5.37 Å². The normalized spacial score (nSPS) is 26.5. The van der Waals surface area contributed by atoms with Crippen molar-refractivity contribution in [2.24, 2.45) is 5.41 Å². The van der Waals surface area contributed by atoms with E-state index in [1.54, 1.807) is 4.90 Å². The van der Waals surface area contributed by atoms with Crippen molar-refractivity contribution in [2.75, 3.05) is 26.3 Å². The first-order valence-corrected chi connectivity index (χ1v) is 5.62. The molecule has 1 aliphatic carbocycles. The Hall–Kier alpha value is -0.280. The highest BCUT2D eigenvalue weighted by atomic mass is 35.5. The summed E-state index contributed by atoms with van der Waals surface area (Å²) in [4.78, 5) is 12.8. The van der Waals surface area contributed by atoms with Gasteiger partial charge in [-0.15, -0.1) is 0 Å². The summed E-state index contributed by atoms with van der Waals surface area (Å²) in [6.45, 7) is 2.85. The van der Waals surface area contributed by atoms with E-state index in [0.717, 1.165) is 13.2 Å². The third-order valence-corrected chi connectivity index (χ3v) is 3.59. The van der Waals surface area contributed by atoms with Crippen LogP contribution in [0.1, 0.15) is 25.7 Å². The number of carbonyl (C=O) groups is 1. The zero-order valence-electron chi connectivity index (χ0n) is 8.30. The topological polar surface area (TPSA) is 29.5 Å². The molecule has 3 nitrogen and oxygen atoms in total. The third kappa shape index (κ3) is 2.04. The average Bonchev–Trinajstić information content (AvgIpc) is 2.47. The molecule has 2 fully saturated rings. The molecule has 0 unspecified atom stereocenters. The lowest BCUT2D eigenvalue weighted by Gasteiger charge is -2.30. The van der Waals surface area contributed by atoms with Crippen LogP contribution in [0.15, 0.2) is 0 Å². The molecular formula is C10H16ClNO2. The van der Waals surface area contributed by atoms with Gasteiger partial charge in [-0.25, -0.2) is 0 Å². The highest BCUT2D eigenvalue weighted by Gasteiger charge is 2.38. The maximum absolute atomic E-state index is 11.1. The van der Waals surface area contributed by atoms with E-state index in [0.29, 0.717) is 13.2 Å². The fraction of sp³-hybridized carbons (Fsp3) is 0.900. The SMILES string of the molecule is O=C(Cl)N1CCOCC2(CCCC2)C1. The maximum Gasteiger partial charge on any atom is 0.316 e. The largest absolute Gasteiger partial charge is 0.379 e. The number of halogens is 1. The highest BCUT2D eigenvalue weighted by Crippen LogP contribution is 2.40. The molecule has 1 amide bonds. The number of amides is 1. The van der Waals surface area contributed by atoms with Gasteiger partial charge in [0.05, 0.1) is 13.2 Å². The lowest BCUT2D eigenvalue weighted by Crippen LogP contribution is -2.38. The molecule has 1 heterocycles. The van der Waals surface area contributed by atoms with Crippen LogP contribution in [0.5, 0.6) is 0 Å². The highest BCUT2D eigenvalue weighted by molar-refractivity contribution is 6.62. The molecule has 1 aliphatic heterocycles. The van der Waals surface area contributed by atoms with E-state index in [-0.39, 0.29) is 10.8 Å². The predicted molar refractivity (Wildman–Crippen MR) is 54.5 cm³/mol. The van der Waals surface area contributed by atoms with Gasteiger partial charge in [-0.1, -0.05) is 12.8 Å². The Morgan fingerprint density at radius 2 is 2.07 bits per heavy atom. The summed E-state index contributed by atoms with van der Waals surface area (Å²) in [7, 11) is 0. The van der Waals surface area contributed by atoms with Gasteiger partial charge in [0, 0.05) is 18.5 Å². The van der Waals surface area contributed by atoms with E-state index in [2.05, 4.69) is 0 Å². The van der Waals surface area contributed by atoms with Crippen molar-refractivity contribution in [1.82, 2.24) is 4.90 Å². The van der Waals surface area contributed by atoms with Gasteiger partial charge in [0.1, 0.15) is 0 Å². The van der Waals surface area contributed by atoms with Crippen LogP contribution < -0.4 is 0 Å². The van der Waals surface area contributed by atoms with Crippen LogP contribution in [-0.2, 0) is 4.74 Å². The van der Waals surface area contributed by atoms with Crippen molar-refractivity contribution >= 4 is 17.0 Å². The number of ether oxygens (including phenoxy) is 1. The average molecular weight is 218 g/mol. The molecule has 0 aromatic carbocycles. The van der Waals surface area contributed by atoms with Crippen molar-refractivity contribution in [3.05, 3.63) is 0 Å². The lowest BCUT2D eigenvalue weighted by atomic mass is 9.87. The number of nitrogens with zero attached hydrogens (tertiary/aromatic N) is 1. The van der Waals surface area contributed by atoms with Crippen molar-refractivity contribution in [1.29, 1.82) is 0 Å². The molecule has 0 radical (unpaired) electrons. The Balaban J connectivity index is 2.06. The molecule has 0 aromatic heterocycles. The van der Waals surface area contributed by atoms with E-state index in [1.807, 2.05) is 0 Å². The summed E-state index contributed by atoms with van der Waals surface area (Å²) in [5.41, 5.74) is 0.209. The number of hydrogen-bond acceptors (Lipinski definition) is 2. The van der Waals surface area contributed by atoms with Crippen LogP contribution in [0.3, 0.4) is 0 Å². The second-order valence-electron chi connectivity index (χ2n) is 4.43. The van der Waals surface area contributed by atoms with Crippen molar-refractivity contribution in [3.8, 4) is 0 Å². The van der Waals surface area contributed by atoms with Gasteiger partial charge in [0.25, 0.3) is 0 Å². The first kappa shape index (κ1) is 10.2. The Bertz CT molecular complexity index is 226. The summed E-state index contributed by atoms with van der Waals surface area (Å²) < 4.78 is 5.56. The van der Waals surface area contributed by atoms with Crippen molar-refractivity contribution in [2.45, 2.75) is 25.7 Å². The molecule has 2 rings (SSSR count). The molecule has 1 saturated heterocycles. The fourth-order valence-electron chi connectivity index (χ4n) is 2.57. The monoisotopic (exact) mass is 217 g/mol. The number of hydrogen-bond donors (Lipinski definition) is 0. The third-order valence-electron chi connectivity index (χ3n) is 3.35. The van der Waals surface area contributed by atoms with Gasteiger partial charge in [0.2, 0.25) is 0 Å². The molecule has 1 saturated carbocycles. The van der Waals surface area contributed by atoms with Gasteiger partial charge in [0.15, 0.2) is 0 Å². The first-order chi connectivity index (χ1) is 6.72. The van der Waals surface area contributed by atoms with Crippen LogP contribution in [0.2, 0.25) is 0 Å². The Morgan fingerprint density at radius 1 is 1.36 bits per heavy atom. The van der Waals surface area contributed by atoms with Crippen LogP contribution in [0, 0.1) is 5.41 Å². The second-order valence-corrected chi connectivity index (χ2v) is 4.76. The van der Waals surface area contributed by atoms with Crippen LogP contribution >= 0.6 is 11.6 Å². The quantitative estimate of drug-likeness (QED) is 0.460. The fourth-order valence-corrected chi connectivity index (χ4v) is 2.71. The van der Waals surface area contributed by atoms with Gasteiger partial charge < -0.3 is 9.64 Å². The lowest BCUT2D eigenvalue weighted by molar-refractivity contribution is 0.0719. The Morgan fingerprint density at radius 3 is 2.71 bits per heavy atom. The summed E-state index contributed by atoms with van der Waals surface area (Å²) in [5.74, 6) is 0. The van der Waals surface area contributed by atoms with E-state index < -0.39 is 0 Å². The summed E-state index contributed by atoms with van der Waals surface area (Å²) in [5, 5.41) is -0.332. The van der Waals surface area contributed by atoms with Gasteiger partial charge in [-0.3, -0.25) is 4.79 Å². The van der Waals surface area contributed by atoms with Gasteiger partial charge in [-0.05, 0) is 24.4 Å². The van der Waals surface area contributed by atoms with Crippen LogP contribution in [0.25, 0.3) is 0 Å². The van der Waals surface area contributed by atoms with E-state index in [4.69, 9.17) is 16.3 Å². The van der Waals surface area contributed by atoms with Crippen molar-refractivity contribution in [3.63, 3.8) is 0 Å². The maximum atomic E-state index is 11.1. The van der Waals surface area contributed by atoms with E-state index in [9.17, 15) is 4.79 Å². The molecule has 2 aliphatic rings. The Labute approximate surface area is 89.4 Å². The minimum atomic E-state index is -0.332. The molecule has 0 aromatic rings. The molecule has 0 atom stereocenters. The molecular weight excluding hydrogens is 202 g/mol. The summed E-state index contributed by atoms with van der Waals surface area (Å²) in [6, 6.07) is 0. The van der Waals surface area contributed by atoms with E-state index in [1.165, 1.54) is 25.7 Å². The summed E-state index contributed by atoms with van der Waals surface area (Å²) >= 11 is 5.52. The standard InChI is InChI=1S/C10H16ClNO2/c11-9(13)12-5-6-14-8-10(7-12)3-1-2-4-10/h1-8H2. The zero-order chi connectivity index (χ0) is 10.0. The first-order valence-electron chi connectivity index (χ1n) is 5.24. The Kier molecular flexibility index (Phi) is 2.98. The smallest absolute Gasteiger partial charge is 0.316 e. The number of rotatable bonds is 0. The molecule has 4 heteroatoms. The minimum Gasteiger partial charge on any atom is -0.379 e.